The quantitative estimate of drug-likeness (QED) is 0.876. The Morgan fingerprint density at radius 2 is 1.75 bits per heavy atom. The molecule has 0 amide bonds. The zero-order valence-electron chi connectivity index (χ0n) is 11.6. The molecule has 4 heteroatoms. The van der Waals surface area contributed by atoms with Crippen LogP contribution in [0.2, 0.25) is 5.02 Å². The fourth-order valence-corrected chi connectivity index (χ4v) is 2.59. The van der Waals surface area contributed by atoms with Gasteiger partial charge in [-0.1, -0.05) is 23.7 Å². The third-order valence-corrected chi connectivity index (χ3v) is 3.67. The average Bonchev–Trinajstić information content (AvgIpc) is 2.40. The van der Waals surface area contributed by atoms with Gasteiger partial charge in [-0.2, -0.15) is 0 Å². The monoisotopic (exact) mass is 295 g/mol. The van der Waals surface area contributed by atoms with E-state index in [0.717, 1.165) is 11.1 Å². The second kappa shape index (κ2) is 5.90. The van der Waals surface area contributed by atoms with Crippen LogP contribution in [-0.2, 0) is 0 Å². The maximum Gasteiger partial charge on any atom is 0.134 e. The predicted octanol–water partition coefficient (Wildman–Crippen LogP) is 4.54. The van der Waals surface area contributed by atoms with Crippen molar-refractivity contribution in [3.63, 3.8) is 0 Å². The molecular weight excluding hydrogens is 280 g/mol. The highest BCUT2D eigenvalue weighted by molar-refractivity contribution is 6.30. The topological polar surface area (TPSA) is 12.0 Å². The summed E-state index contributed by atoms with van der Waals surface area (Å²) in [6.45, 7) is 3.50. The molecule has 20 heavy (non-hydrogen) atoms. The lowest BCUT2D eigenvalue weighted by atomic mass is 9.93. The van der Waals surface area contributed by atoms with Crippen molar-refractivity contribution in [3.05, 3.63) is 69.2 Å². The van der Waals surface area contributed by atoms with Gasteiger partial charge in [0.15, 0.2) is 0 Å². The summed E-state index contributed by atoms with van der Waals surface area (Å²) >= 11 is 5.93. The Balaban J connectivity index is 2.61. The van der Waals surface area contributed by atoms with Crippen LogP contribution in [0.25, 0.3) is 0 Å². The second-order valence-electron chi connectivity index (χ2n) is 4.81. The summed E-state index contributed by atoms with van der Waals surface area (Å²) in [6.07, 6.45) is 0. The van der Waals surface area contributed by atoms with E-state index in [-0.39, 0.29) is 5.56 Å². The molecule has 1 unspecified atom stereocenters. The summed E-state index contributed by atoms with van der Waals surface area (Å²) in [5.41, 5.74) is 2.16. The van der Waals surface area contributed by atoms with Gasteiger partial charge >= 0.3 is 0 Å². The predicted molar refractivity (Wildman–Crippen MR) is 78.2 cm³/mol. The van der Waals surface area contributed by atoms with Crippen molar-refractivity contribution in [1.82, 2.24) is 5.32 Å². The van der Waals surface area contributed by atoms with Crippen LogP contribution in [0.1, 0.15) is 28.3 Å². The maximum absolute atomic E-state index is 14.3. The summed E-state index contributed by atoms with van der Waals surface area (Å²) in [7, 11) is 1.68. The highest BCUT2D eigenvalue weighted by atomic mass is 35.5. The van der Waals surface area contributed by atoms with Crippen molar-refractivity contribution in [3.8, 4) is 0 Å². The molecule has 0 heterocycles. The number of aryl methyl sites for hydroxylation is 2. The summed E-state index contributed by atoms with van der Waals surface area (Å²) in [6, 6.07) is 7.48. The van der Waals surface area contributed by atoms with Gasteiger partial charge in [-0.25, -0.2) is 8.78 Å². The van der Waals surface area contributed by atoms with Crippen LogP contribution in [0.5, 0.6) is 0 Å². The second-order valence-corrected chi connectivity index (χ2v) is 5.25. The van der Waals surface area contributed by atoms with E-state index in [4.69, 9.17) is 11.6 Å². The minimum absolute atomic E-state index is 0.0397. The fourth-order valence-electron chi connectivity index (χ4n) is 2.36. The van der Waals surface area contributed by atoms with E-state index >= 15 is 0 Å². The fraction of sp³-hybridized carbons (Fsp3) is 0.250. The molecule has 1 N–H and O–H groups in total. The highest BCUT2D eigenvalue weighted by Crippen LogP contribution is 2.31. The van der Waals surface area contributed by atoms with Gasteiger partial charge < -0.3 is 5.32 Å². The van der Waals surface area contributed by atoms with Crippen molar-refractivity contribution in [2.24, 2.45) is 0 Å². The molecule has 2 aromatic rings. The van der Waals surface area contributed by atoms with Crippen LogP contribution in [-0.4, -0.2) is 7.05 Å². The average molecular weight is 296 g/mol. The van der Waals surface area contributed by atoms with Gasteiger partial charge in [0.2, 0.25) is 0 Å². The SMILES string of the molecule is CNC(c1ccc(Cl)cc1C)c1c(F)ccc(C)c1F. The molecule has 0 saturated heterocycles. The first-order valence-electron chi connectivity index (χ1n) is 6.33. The lowest BCUT2D eigenvalue weighted by Gasteiger charge is -2.21. The van der Waals surface area contributed by atoms with Gasteiger partial charge in [-0.15, -0.1) is 0 Å². The first-order valence-corrected chi connectivity index (χ1v) is 6.71. The largest absolute Gasteiger partial charge is 0.309 e. The smallest absolute Gasteiger partial charge is 0.134 e. The Bertz CT molecular complexity index is 641. The van der Waals surface area contributed by atoms with Crippen LogP contribution in [0, 0.1) is 25.5 Å². The van der Waals surface area contributed by atoms with Gasteiger partial charge in [0.05, 0.1) is 6.04 Å². The Kier molecular flexibility index (Phi) is 4.41. The number of hydrogen-bond donors (Lipinski definition) is 1. The minimum atomic E-state index is -0.554. The van der Waals surface area contributed by atoms with Crippen molar-refractivity contribution in [2.45, 2.75) is 19.9 Å². The first kappa shape index (κ1) is 14.9. The maximum atomic E-state index is 14.3. The molecule has 1 nitrogen and oxygen atoms in total. The van der Waals surface area contributed by atoms with Crippen LogP contribution in [0.15, 0.2) is 30.3 Å². The van der Waals surface area contributed by atoms with Crippen molar-refractivity contribution in [1.29, 1.82) is 0 Å². The summed E-state index contributed by atoms with van der Waals surface area (Å²) in [4.78, 5) is 0. The Labute approximate surface area is 122 Å². The zero-order chi connectivity index (χ0) is 14.9. The van der Waals surface area contributed by atoms with E-state index in [1.54, 1.807) is 32.2 Å². The number of halogens is 3. The number of rotatable bonds is 3. The van der Waals surface area contributed by atoms with Crippen LogP contribution in [0.4, 0.5) is 8.78 Å². The summed E-state index contributed by atoms with van der Waals surface area (Å²) < 4.78 is 28.3. The number of benzene rings is 2. The van der Waals surface area contributed by atoms with Gasteiger partial charge in [-0.3, -0.25) is 0 Å². The molecule has 0 saturated carbocycles. The summed E-state index contributed by atoms with van der Waals surface area (Å²) in [5, 5.41) is 3.58. The van der Waals surface area contributed by atoms with Crippen LogP contribution in [0.3, 0.4) is 0 Å². The third kappa shape index (κ3) is 2.69. The molecule has 0 aliphatic rings. The Morgan fingerprint density at radius 1 is 1.05 bits per heavy atom. The first-order chi connectivity index (χ1) is 9.45. The minimum Gasteiger partial charge on any atom is -0.309 e. The molecule has 106 valence electrons. The van der Waals surface area contributed by atoms with Gasteiger partial charge in [0.1, 0.15) is 11.6 Å². The molecule has 0 spiro atoms. The third-order valence-electron chi connectivity index (χ3n) is 3.44. The molecule has 0 radical (unpaired) electrons. The van der Waals surface area contributed by atoms with Crippen LogP contribution >= 0.6 is 11.6 Å². The van der Waals surface area contributed by atoms with E-state index in [1.807, 2.05) is 6.92 Å². The van der Waals surface area contributed by atoms with Crippen molar-refractivity contribution in [2.75, 3.05) is 7.05 Å². The molecule has 0 aliphatic heterocycles. The zero-order valence-corrected chi connectivity index (χ0v) is 12.4. The van der Waals surface area contributed by atoms with Gasteiger partial charge in [-0.05, 0) is 55.8 Å². The van der Waals surface area contributed by atoms with E-state index in [1.165, 1.54) is 12.1 Å². The van der Waals surface area contributed by atoms with Crippen molar-refractivity contribution < 1.29 is 8.78 Å². The standard InChI is InChI=1S/C16H16ClF2N/c1-9-4-7-13(18)14(15(9)19)16(20-3)12-6-5-11(17)8-10(12)2/h4-8,16,20H,1-3H3. The molecular formula is C16H16ClF2N. The lowest BCUT2D eigenvalue weighted by molar-refractivity contribution is 0.517. The van der Waals surface area contributed by atoms with Crippen molar-refractivity contribution >= 4 is 11.6 Å². The molecule has 0 aliphatic carbocycles. The van der Waals surface area contributed by atoms with Gasteiger partial charge in [0.25, 0.3) is 0 Å². The molecule has 2 rings (SSSR count). The normalized spacial score (nSPS) is 12.5. The van der Waals surface area contributed by atoms with Gasteiger partial charge in [0, 0.05) is 10.6 Å². The molecule has 0 aromatic heterocycles. The Hall–Kier alpha value is -1.45. The van der Waals surface area contributed by atoms with Crippen LogP contribution < -0.4 is 5.32 Å². The van der Waals surface area contributed by atoms with E-state index in [0.29, 0.717) is 10.6 Å². The molecule has 1 atom stereocenters. The van der Waals surface area contributed by atoms with E-state index in [2.05, 4.69) is 5.32 Å². The lowest BCUT2D eigenvalue weighted by Crippen LogP contribution is -2.21. The molecule has 0 bridgehead atoms. The number of hydrogen-bond acceptors (Lipinski definition) is 1. The number of nitrogens with one attached hydrogen (secondary N) is 1. The Morgan fingerprint density at radius 3 is 2.35 bits per heavy atom. The summed E-state index contributed by atoms with van der Waals surface area (Å²) in [5.74, 6) is -1.07. The van der Waals surface area contributed by atoms with E-state index < -0.39 is 17.7 Å². The molecule has 2 aromatic carbocycles. The molecule has 0 fully saturated rings. The highest BCUT2D eigenvalue weighted by Gasteiger charge is 2.23. The van der Waals surface area contributed by atoms with E-state index in [9.17, 15) is 8.78 Å².